The van der Waals surface area contributed by atoms with Crippen molar-refractivity contribution in [3.63, 3.8) is 0 Å². The minimum Gasteiger partial charge on any atom is -0.460 e. The second kappa shape index (κ2) is 7.51. The molecule has 0 fully saturated rings. The molecular formula is C28H22N2O. The summed E-state index contributed by atoms with van der Waals surface area (Å²) in [5, 5.41) is 1.11. The van der Waals surface area contributed by atoms with Gasteiger partial charge < -0.3 is 4.42 Å². The maximum atomic E-state index is 6.18. The van der Waals surface area contributed by atoms with E-state index < -0.39 is 0 Å². The predicted molar refractivity (Wildman–Crippen MR) is 126 cm³/mol. The Kier molecular flexibility index (Phi) is 4.38. The second-order valence-electron chi connectivity index (χ2n) is 8.03. The number of nitrogens with zero attached hydrogens (tertiary/aromatic N) is 2. The minimum absolute atomic E-state index is 0.740. The molecule has 3 heteroatoms. The van der Waals surface area contributed by atoms with Crippen LogP contribution in [0.25, 0.3) is 45.3 Å². The normalized spacial score (nSPS) is 15.2. The van der Waals surface area contributed by atoms with E-state index in [0.29, 0.717) is 0 Å². The van der Waals surface area contributed by atoms with Gasteiger partial charge in [-0.15, -0.1) is 0 Å². The number of fused-ring (bicyclic) bond motifs is 3. The molecule has 0 unspecified atom stereocenters. The van der Waals surface area contributed by atoms with Crippen molar-refractivity contribution in [1.82, 2.24) is 9.97 Å². The molecule has 2 heterocycles. The second-order valence-corrected chi connectivity index (χ2v) is 8.03. The van der Waals surface area contributed by atoms with Crippen molar-refractivity contribution >= 4 is 22.6 Å². The monoisotopic (exact) mass is 402 g/mol. The third-order valence-corrected chi connectivity index (χ3v) is 5.98. The van der Waals surface area contributed by atoms with Crippen LogP contribution in [-0.2, 0) is 6.42 Å². The lowest BCUT2D eigenvalue weighted by Gasteiger charge is -2.12. The highest BCUT2D eigenvalue weighted by atomic mass is 16.3. The molecule has 2 aromatic carbocycles. The van der Waals surface area contributed by atoms with Crippen LogP contribution in [0.5, 0.6) is 0 Å². The molecule has 0 radical (unpaired) electrons. The molecule has 4 aromatic rings. The van der Waals surface area contributed by atoms with E-state index in [1.54, 1.807) is 0 Å². The number of allylic oxidation sites excluding steroid dienone is 5. The Morgan fingerprint density at radius 3 is 2.52 bits per heavy atom. The molecule has 0 atom stereocenters. The average Bonchev–Trinajstić information content (AvgIpc) is 3.24. The summed E-state index contributed by atoms with van der Waals surface area (Å²) in [5.74, 6) is 1.80. The average molecular weight is 402 g/mol. The van der Waals surface area contributed by atoms with Crippen LogP contribution in [0.15, 0.2) is 83.3 Å². The molecule has 0 saturated heterocycles. The Morgan fingerprint density at radius 2 is 1.65 bits per heavy atom. The standard InChI is InChI=1S/C28H22N2O/c1-3-10-19(11-4-1)23-18-24(20-12-5-2-6-13-20)30-28(29-23)22-15-9-17-26-27(22)21-14-7-8-16-25(21)31-26/h1,3-5,7,9-15,17-18H,2,6,8,16H2. The van der Waals surface area contributed by atoms with Crippen molar-refractivity contribution in [1.29, 1.82) is 0 Å². The quantitative estimate of drug-likeness (QED) is 0.362. The van der Waals surface area contributed by atoms with Crippen LogP contribution in [0.2, 0.25) is 0 Å². The summed E-state index contributed by atoms with van der Waals surface area (Å²) < 4.78 is 6.18. The molecule has 6 rings (SSSR count). The summed E-state index contributed by atoms with van der Waals surface area (Å²) in [6.07, 6.45) is 15.2. The first-order chi connectivity index (χ1) is 15.4. The molecule has 0 N–H and O–H groups in total. The zero-order chi connectivity index (χ0) is 20.6. The van der Waals surface area contributed by atoms with Crippen molar-refractivity contribution in [3.8, 4) is 22.6 Å². The van der Waals surface area contributed by atoms with Crippen LogP contribution in [0.1, 0.15) is 36.3 Å². The number of hydrogen-bond donors (Lipinski definition) is 0. The Morgan fingerprint density at radius 1 is 0.774 bits per heavy atom. The van der Waals surface area contributed by atoms with Gasteiger partial charge in [0.15, 0.2) is 5.82 Å². The van der Waals surface area contributed by atoms with Crippen LogP contribution in [0.4, 0.5) is 0 Å². The Balaban J connectivity index is 1.61. The van der Waals surface area contributed by atoms with Gasteiger partial charge in [-0.25, -0.2) is 9.97 Å². The Labute approximate surface area is 181 Å². The van der Waals surface area contributed by atoms with Crippen LogP contribution < -0.4 is 0 Å². The number of aryl methyl sites for hydroxylation is 1. The maximum Gasteiger partial charge on any atom is 0.161 e. The number of furan rings is 1. The lowest BCUT2D eigenvalue weighted by molar-refractivity contribution is 0.546. The van der Waals surface area contributed by atoms with Crippen LogP contribution in [0, 0.1) is 0 Å². The molecule has 2 aromatic heterocycles. The third-order valence-electron chi connectivity index (χ3n) is 5.98. The molecule has 0 amide bonds. The van der Waals surface area contributed by atoms with Gasteiger partial charge in [0.1, 0.15) is 11.3 Å². The van der Waals surface area contributed by atoms with Crippen LogP contribution in [0.3, 0.4) is 0 Å². The van der Waals surface area contributed by atoms with Crippen molar-refractivity contribution in [2.75, 3.05) is 0 Å². The number of aromatic nitrogens is 2. The van der Waals surface area contributed by atoms with Gasteiger partial charge in [0.2, 0.25) is 0 Å². The van der Waals surface area contributed by atoms with Gasteiger partial charge in [0.25, 0.3) is 0 Å². The van der Waals surface area contributed by atoms with Gasteiger partial charge in [-0.3, -0.25) is 0 Å². The molecule has 2 aliphatic rings. The molecule has 150 valence electrons. The summed E-state index contributed by atoms with van der Waals surface area (Å²) in [4.78, 5) is 10.1. The van der Waals surface area contributed by atoms with E-state index in [2.05, 4.69) is 66.8 Å². The zero-order valence-corrected chi connectivity index (χ0v) is 17.2. The molecule has 2 aliphatic carbocycles. The lowest BCUT2D eigenvalue weighted by atomic mass is 9.98. The summed E-state index contributed by atoms with van der Waals surface area (Å²) >= 11 is 0. The van der Waals surface area contributed by atoms with Gasteiger partial charge >= 0.3 is 0 Å². The fourth-order valence-corrected chi connectivity index (χ4v) is 4.46. The van der Waals surface area contributed by atoms with E-state index in [0.717, 1.165) is 76.3 Å². The van der Waals surface area contributed by atoms with Gasteiger partial charge in [-0.1, -0.05) is 72.8 Å². The van der Waals surface area contributed by atoms with Gasteiger partial charge in [0.05, 0.1) is 11.4 Å². The fraction of sp³-hybridized carbons (Fsp3) is 0.143. The molecular weight excluding hydrogens is 380 g/mol. The highest BCUT2D eigenvalue weighted by Gasteiger charge is 2.20. The first kappa shape index (κ1) is 18.1. The van der Waals surface area contributed by atoms with E-state index in [1.807, 2.05) is 18.2 Å². The first-order valence-electron chi connectivity index (χ1n) is 10.9. The fourth-order valence-electron chi connectivity index (χ4n) is 4.46. The summed E-state index contributed by atoms with van der Waals surface area (Å²) in [7, 11) is 0. The van der Waals surface area contributed by atoms with Crippen molar-refractivity contribution in [2.45, 2.75) is 25.7 Å². The van der Waals surface area contributed by atoms with Crippen molar-refractivity contribution in [3.05, 3.63) is 95.9 Å². The van der Waals surface area contributed by atoms with Crippen molar-refractivity contribution < 1.29 is 4.42 Å². The minimum atomic E-state index is 0.740. The maximum absolute atomic E-state index is 6.18. The zero-order valence-electron chi connectivity index (χ0n) is 17.2. The molecule has 0 bridgehead atoms. The van der Waals surface area contributed by atoms with Gasteiger partial charge in [-0.2, -0.15) is 0 Å². The Hall–Kier alpha value is -3.72. The van der Waals surface area contributed by atoms with E-state index >= 15 is 0 Å². The number of benzene rings is 2. The van der Waals surface area contributed by atoms with Crippen LogP contribution >= 0.6 is 0 Å². The highest BCUT2D eigenvalue weighted by Crippen LogP contribution is 2.38. The largest absolute Gasteiger partial charge is 0.460 e. The van der Waals surface area contributed by atoms with E-state index in [4.69, 9.17) is 14.4 Å². The molecule has 3 nitrogen and oxygen atoms in total. The topological polar surface area (TPSA) is 38.9 Å². The smallest absolute Gasteiger partial charge is 0.161 e. The first-order valence-corrected chi connectivity index (χ1v) is 10.9. The number of rotatable bonds is 3. The molecule has 31 heavy (non-hydrogen) atoms. The van der Waals surface area contributed by atoms with Gasteiger partial charge in [0, 0.05) is 28.5 Å². The molecule has 0 saturated carbocycles. The number of hydrogen-bond acceptors (Lipinski definition) is 3. The Bertz CT molecular complexity index is 1370. The van der Waals surface area contributed by atoms with E-state index in [1.165, 1.54) is 5.56 Å². The van der Waals surface area contributed by atoms with E-state index in [-0.39, 0.29) is 0 Å². The highest BCUT2D eigenvalue weighted by molar-refractivity contribution is 6.00. The summed E-state index contributed by atoms with van der Waals surface area (Å²) in [6, 6.07) is 18.6. The predicted octanol–water partition coefficient (Wildman–Crippen LogP) is 7.25. The summed E-state index contributed by atoms with van der Waals surface area (Å²) in [5.41, 5.74) is 7.25. The lowest BCUT2D eigenvalue weighted by Crippen LogP contribution is -1.99. The van der Waals surface area contributed by atoms with Crippen molar-refractivity contribution in [2.24, 2.45) is 0 Å². The SMILES string of the molecule is C1=CC(c2cc(-c3ccccc3)nc(-c3cccc4oc5c(c34)C=CCC5)n2)=CCC1. The van der Waals surface area contributed by atoms with Gasteiger partial charge in [-0.05, 0) is 37.0 Å². The molecule has 0 spiro atoms. The third kappa shape index (κ3) is 3.23. The molecule has 0 aliphatic heterocycles. The van der Waals surface area contributed by atoms with Crippen LogP contribution in [-0.4, -0.2) is 9.97 Å². The van der Waals surface area contributed by atoms with E-state index in [9.17, 15) is 0 Å². The summed E-state index contributed by atoms with van der Waals surface area (Å²) in [6.45, 7) is 0.